The summed E-state index contributed by atoms with van der Waals surface area (Å²) in [5.74, 6) is -2.42. The van der Waals surface area contributed by atoms with Gasteiger partial charge >= 0.3 is 17.6 Å². The summed E-state index contributed by atoms with van der Waals surface area (Å²) in [4.78, 5) is 34.3. The summed E-state index contributed by atoms with van der Waals surface area (Å²) in [6, 6.07) is 1.70. The second-order valence-electron chi connectivity index (χ2n) is 5.12. The molecule has 1 aromatic rings. The normalized spacial score (nSPS) is 10.2. The standard InChI is InChI=1S/C16H21NO7/c1-3-5-7-23-15(19)11-9-13(17(21)22)14(18)10-12(11)16(20)24-8-6-4-2/h9-10,18H,3-8H2,1-2H3. The summed E-state index contributed by atoms with van der Waals surface area (Å²) in [7, 11) is 0. The number of phenols is 1. The smallest absolute Gasteiger partial charge is 0.339 e. The van der Waals surface area contributed by atoms with E-state index in [1.807, 2.05) is 13.8 Å². The third-order valence-corrected chi connectivity index (χ3v) is 3.21. The molecule has 1 aromatic carbocycles. The van der Waals surface area contributed by atoms with Crippen molar-refractivity contribution in [3.8, 4) is 5.75 Å². The molecule has 0 bridgehead atoms. The van der Waals surface area contributed by atoms with Crippen molar-refractivity contribution in [3.63, 3.8) is 0 Å². The maximum absolute atomic E-state index is 12.1. The van der Waals surface area contributed by atoms with Crippen LogP contribution in [0.5, 0.6) is 5.75 Å². The SMILES string of the molecule is CCCCOC(=O)c1cc(O)c([N+](=O)[O-])cc1C(=O)OCCCC. The number of nitrogens with zero attached hydrogens (tertiary/aromatic N) is 1. The highest BCUT2D eigenvalue weighted by molar-refractivity contribution is 6.04. The first-order chi connectivity index (χ1) is 11.4. The van der Waals surface area contributed by atoms with Gasteiger partial charge in [-0.25, -0.2) is 9.59 Å². The van der Waals surface area contributed by atoms with Crippen molar-refractivity contribution in [2.24, 2.45) is 0 Å². The second kappa shape index (κ2) is 9.49. The molecule has 0 radical (unpaired) electrons. The van der Waals surface area contributed by atoms with Crippen LogP contribution in [0.2, 0.25) is 0 Å². The average molecular weight is 339 g/mol. The fraction of sp³-hybridized carbons (Fsp3) is 0.500. The van der Waals surface area contributed by atoms with Crippen molar-refractivity contribution in [3.05, 3.63) is 33.4 Å². The molecule has 1 rings (SSSR count). The largest absolute Gasteiger partial charge is 0.502 e. The maximum atomic E-state index is 12.1. The molecule has 0 saturated carbocycles. The zero-order valence-corrected chi connectivity index (χ0v) is 13.7. The number of ether oxygens (including phenoxy) is 2. The highest BCUT2D eigenvalue weighted by Gasteiger charge is 2.26. The Labute approximate surface area is 139 Å². The molecule has 0 aromatic heterocycles. The van der Waals surface area contributed by atoms with Crippen molar-refractivity contribution in [2.75, 3.05) is 13.2 Å². The minimum absolute atomic E-state index is 0.133. The highest BCUT2D eigenvalue weighted by atomic mass is 16.6. The van der Waals surface area contributed by atoms with Gasteiger partial charge < -0.3 is 14.6 Å². The quantitative estimate of drug-likeness (QED) is 0.318. The first kappa shape index (κ1) is 19.4. The van der Waals surface area contributed by atoms with Gasteiger partial charge in [0.25, 0.3) is 0 Å². The third kappa shape index (κ3) is 5.22. The molecule has 0 heterocycles. The number of carbonyl (C=O) groups is 2. The van der Waals surface area contributed by atoms with E-state index in [-0.39, 0.29) is 24.3 Å². The maximum Gasteiger partial charge on any atom is 0.339 e. The lowest BCUT2D eigenvalue weighted by Gasteiger charge is -2.10. The van der Waals surface area contributed by atoms with E-state index in [1.165, 1.54) is 0 Å². The van der Waals surface area contributed by atoms with Gasteiger partial charge in [0.1, 0.15) is 0 Å². The van der Waals surface area contributed by atoms with Crippen LogP contribution in [0.1, 0.15) is 60.2 Å². The lowest BCUT2D eigenvalue weighted by atomic mass is 10.1. The summed E-state index contributed by atoms with van der Waals surface area (Å²) in [5, 5.41) is 20.6. The van der Waals surface area contributed by atoms with Gasteiger partial charge in [-0.15, -0.1) is 0 Å². The zero-order chi connectivity index (χ0) is 18.1. The fourth-order valence-corrected chi connectivity index (χ4v) is 1.83. The van der Waals surface area contributed by atoms with Gasteiger partial charge in [0.05, 0.1) is 29.3 Å². The number of benzene rings is 1. The molecule has 8 heteroatoms. The summed E-state index contributed by atoms with van der Waals surface area (Å²) in [6.07, 6.45) is 2.88. The summed E-state index contributed by atoms with van der Waals surface area (Å²) >= 11 is 0. The van der Waals surface area contributed by atoms with Crippen molar-refractivity contribution < 1.29 is 29.1 Å². The molecule has 0 aliphatic carbocycles. The Kier molecular flexibility index (Phi) is 7.67. The molecule has 0 amide bonds. The minimum atomic E-state index is -0.867. The topological polar surface area (TPSA) is 116 Å². The Morgan fingerprint density at radius 3 is 1.92 bits per heavy atom. The van der Waals surface area contributed by atoms with Crippen LogP contribution >= 0.6 is 0 Å². The van der Waals surface area contributed by atoms with E-state index in [9.17, 15) is 24.8 Å². The van der Waals surface area contributed by atoms with Gasteiger partial charge in [0.2, 0.25) is 0 Å². The highest BCUT2D eigenvalue weighted by Crippen LogP contribution is 2.30. The number of aromatic hydroxyl groups is 1. The monoisotopic (exact) mass is 339 g/mol. The van der Waals surface area contributed by atoms with E-state index < -0.39 is 28.3 Å². The van der Waals surface area contributed by atoms with Gasteiger partial charge in [0.15, 0.2) is 5.75 Å². The fourth-order valence-electron chi connectivity index (χ4n) is 1.83. The minimum Gasteiger partial charge on any atom is -0.502 e. The average Bonchev–Trinajstić information content (AvgIpc) is 2.54. The number of phenolic OH excluding ortho intramolecular Hbond substituents is 1. The van der Waals surface area contributed by atoms with Gasteiger partial charge in [0, 0.05) is 12.1 Å². The molecule has 0 fully saturated rings. The van der Waals surface area contributed by atoms with E-state index >= 15 is 0 Å². The van der Waals surface area contributed by atoms with E-state index in [0.29, 0.717) is 12.8 Å². The van der Waals surface area contributed by atoms with Gasteiger partial charge in [-0.2, -0.15) is 0 Å². The molecule has 0 atom stereocenters. The Morgan fingerprint density at radius 2 is 1.50 bits per heavy atom. The molecule has 0 aliphatic rings. The van der Waals surface area contributed by atoms with E-state index in [2.05, 4.69) is 0 Å². The van der Waals surface area contributed by atoms with E-state index in [4.69, 9.17) is 9.47 Å². The van der Waals surface area contributed by atoms with Crippen molar-refractivity contribution in [1.82, 2.24) is 0 Å². The molecule has 132 valence electrons. The number of unbranched alkanes of at least 4 members (excludes halogenated alkanes) is 2. The number of esters is 2. The van der Waals surface area contributed by atoms with Crippen LogP contribution in [0.3, 0.4) is 0 Å². The van der Waals surface area contributed by atoms with E-state index in [0.717, 1.165) is 25.0 Å². The molecule has 0 spiro atoms. The third-order valence-electron chi connectivity index (χ3n) is 3.21. The number of hydrogen-bond donors (Lipinski definition) is 1. The van der Waals surface area contributed by atoms with E-state index in [1.54, 1.807) is 0 Å². The predicted molar refractivity (Wildman–Crippen MR) is 85.1 cm³/mol. The number of carbonyl (C=O) groups excluding carboxylic acids is 2. The predicted octanol–water partition coefficient (Wildman–Crippen LogP) is 3.21. The van der Waals surface area contributed by atoms with Gasteiger partial charge in [-0.05, 0) is 12.8 Å². The molecule has 1 N–H and O–H groups in total. The van der Waals surface area contributed by atoms with Crippen LogP contribution in [0.15, 0.2) is 12.1 Å². The van der Waals surface area contributed by atoms with Crippen molar-refractivity contribution >= 4 is 17.6 Å². The van der Waals surface area contributed by atoms with Crippen LogP contribution in [-0.2, 0) is 9.47 Å². The Hall–Kier alpha value is -2.64. The Balaban J connectivity index is 3.14. The van der Waals surface area contributed by atoms with Crippen LogP contribution < -0.4 is 0 Å². The Bertz CT molecular complexity index is 613. The zero-order valence-electron chi connectivity index (χ0n) is 13.7. The summed E-state index contributed by atoms with van der Waals surface area (Å²) in [6.45, 7) is 4.11. The first-order valence-corrected chi connectivity index (χ1v) is 7.78. The number of nitro benzene ring substituents is 1. The lowest BCUT2D eigenvalue weighted by molar-refractivity contribution is -0.385. The molecule has 8 nitrogen and oxygen atoms in total. The molecule has 24 heavy (non-hydrogen) atoms. The van der Waals surface area contributed by atoms with Crippen LogP contribution in [0.4, 0.5) is 5.69 Å². The lowest BCUT2D eigenvalue weighted by Crippen LogP contribution is -2.15. The number of rotatable bonds is 9. The number of nitro groups is 1. The van der Waals surface area contributed by atoms with Crippen LogP contribution in [-0.4, -0.2) is 35.2 Å². The molecule has 0 saturated heterocycles. The van der Waals surface area contributed by atoms with Crippen molar-refractivity contribution in [1.29, 1.82) is 0 Å². The summed E-state index contributed by atoms with van der Waals surface area (Å²) < 4.78 is 10.0. The Morgan fingerprint density at radius 1 is 1.04 bits per heavy atom. The summed E-state index contributed by atoms with van der Waals surface area (Å²) in [5.41, 5.74) is -1.23. The number of hydrogen-bond acceptors (Lipinski definition) is 7. The molecular weight excluding hydrogens is 318 g/mol. The second-order valence-corrected chi connectivity index (χ2v) is 5.12. The van der Waals surface area contributed by atoms with Crippen LogP contribution in [0.25, 0.3) is 0 Å². The van der Waals surface area contributed by atoms with Gasteiger partial charge in [-0.1, -0.05) is 26.7 Å². The molecular formula is C16H21NO7. The molecule has 0 aliphatic heterocycles. The van der Waals surface area contributed by atoms with Crippen LogP contribution in [0, 0.1) is 10.1 Å². The van der Waals surface area contributed by atoms with Crippen molar-refractivity contribution in [2.45, 2.75) is 39.5 Å². The first-order valence-electron chi connectivity index (χ1n) is 7.78. The van der Waals surface area contributed by atoms with Gasteiger partial charge in [-0.3, -0.25) is 10.1 Å². The molecule has 0 unspecified atom stereocenters.